The fourth-order valence-corrected chi connectivity index (χ4v) is 2.39. The van der Waals surface area contributed by atoms with Crippen LogP contribution in [0.1, 0.15) is 25.7 Å². The summed E-state index contributed by atoms with van der Waals surface area (Å²) < 4.78 is 6.90. The lowest BCUT2D eigenvalue weighted by Gasteiger charge is -2.05. The maximum Gasteiger partial charge on any atom is 0.133 e. The number of hydrogen-bond acceptors (Lipinski definition) is 1. The molecule has 0 N–H and O–H groups in total. The molecule has 0 amide bonds. The molecule has 0 heterocycles. The SMILES string of the molecule is Ic1ccccc1OCC=C1CCCC1. The summed E-state index contributed by atoms with van der Waals surface area (Å²) in [7, 11) is 0. The maximum atomic E-state index is 5.71. The largest absolute Gasteiger partial charge is 0.488 e. The molecule has 1 aromatic rings. The normalized spacial score (nSPS) is 15.4. The van der Waals surface area contributed by atoms with Crippen LogP contribution in [0.5, 0.6) is 5.75 Å². The third-order valence-corrected chi connectivity index (χ3v) is 3.58. The number of ether oxygens (including phenoxy) is 1. The highest BCUT2D eigenvalue weighted by molar-refractivity contribution is 14.1. The Morgan fingerprint density at radius 2 is 1.93 bits per heavy atom. The monoisotopic (exact) mass is 314 g/mol. The first kappa shape index (κ1) is 11.0. The first-order valence-electron chi connectivity index (χ1n) is 5.41. The second-order valence-electron chi connectivity index (χ2n) is 3.81. The molecule has 2 rings (SSSR count). The van der Waals surface area contributed by atoms with E-state index in [-0.39, 0.29) is 0 Å². The molecule has 1 aromatic carbocycles. The van der Waals surface area contributed by atoms with E-state index in [0.717, 1.165) is 12.4 Å². The van der Waals surface area contributed by atoms with E-state index < -0.39 is 0 Å². The molecule has 0 bridgehead atoms. The molecule has 80 valence electrons. The van der Waals surface area contributed by atoms with E-state index >= 15 is 0 Å². The van der Waals surface area contributed by atoms with E-state index in [1.165, 1.54) is 29.3 Å². The molecule has 0 radical (unpaired) electrons. The van der Waals surface area contributed by atoms with Gasteiger partial charge in [0.2, 0.25) is 0 Å². The quantitative estimate of drug-likeness (QED) is 0.601. The van der Waals surface area contributed by atoms with Gasteiger partial charge >= 0.3 is 0 Å². The van der Waals surface area contributed by atoms with Gasteiger partial charge in [0, 0.05) is 0 Å². The highest BCUT2D eigenvalue weighted by Crippen LogP contribution is 2.24. The van der Waals surface area contributed by atoms with Gasteiger partial charge in [-0.2, -0.15) is 0 Å². The van der Waals surface area contributed by atoms with Crippen molar-refractivity contribution in [2.45, 2.75) is 25.7 Å². The van der Waals surface area contributed by atoms with Crippen molar-refractivity contribution in [2.75, 3.05) is 6.61 Å². The van der Waals surface area contributed by atoms with Crippen molar-refractivity contribution < 1.29 is 4.74 Å². The van der Waals surface area contributed by atoms with Crippen LogP contribution in [0.3, 0.4) is 0 Å². The third kappa shape index (κ3) is 3.23. The lowest BCUT2D eigenvalue weighted by Crippen LogP contribution is -1.96. The predicted molar refractivity (Wildman–Crippen MR) is 71.2 cm³/mol. The van der Waals surface area contributed by atoms with Crippen LogP contribution >= 0.6 is 22.6 Å². The second-order valence-corrected chi connectivity index (χ2v) is 4.97. The minimum Gasteiger partial charge on any atom is -0.488 e. The number of rotatable bonds is 3. The smallest absolute Gasteiger partial charge is 0.133 e. The Morgan fingerprint density at radius 3 is 2.67 bits per heavy atom. The van der Waals surface area contributed by atoms with Crippen molar-refractivity contribution >= 4 is 22.6 Å². The van der Waals surface area contributed by atoms with E-state index in [4.69, 9.17) is 4.74 Å². The average molecular weight is 314 g/mol. The molecule has 0 spiro atoms. The van der Waals surface area contributed by atoms with E-state index in [1.807, 2.05) is 18.2 Å². The molecule has 15 heavy (non-hydrogen) atoms. The number of hydrogen-bond donors (Lipinski definition) is 0. The lowest BCUT2D eigenvalue weighted by atomic mass is 10.2. The summed E-state index contributed by atoms with van der Waals surface area (Å²) in [4.78, 5) is 0. The van der Waals surface area contributed by atoms with Crippen LogP contribution in [0.4, 0.5) is 0 Å². The van der Waals surface area contributed by atoms with E-state index in [1.54, 1.807) is 5.57 Å². The van der Waals surface area contributed by atoms with Gasteiger partial charge in [-0.1, -0.05) is 17.7 Å². The second kappa shape index (κ2) is 5.54. The fourth-order valence-electron chi connectivity index (χ4n) is 1.84. The summed E-state index contributed by atoms with van der Waals surface area (Å²) in [6, 6.07) is 8.14. The summed E-state index contributed by atoms with van der Waals surface area (Å²) in [6.07, 6.45) is 7.50. The van der Waals surface area contributed by atoms with E-state index in [0.29, 0.717) is 0 Å². The van der Waals surface area contributed by atoms with Crippen molar-refractivity contribution in [1.82, 2.24) is 0 Å². The van der Waals surface area contributed by atoms with Crippen LogP contribution in [-0.2, 0) is 0 Å². The van der Waals surface area contributed by atoms with Crippen molar-refractivity contribution in [1.29, 1.82) is 0 Å². The highest BCUT2D eigenvalue weighted by Gasteiger charge is 2.05. The van der Waals surface area contributed by atoms with Crippen molar-refractivity contribution in [3.8, 4) is 5.75 Å². The Balaban J connectivity index is 1.88. The van der Waals surface area contributed by atoms with Crippen molar-refractivity contribution in [3.63, 3.8) is 0 Å². The van der Waals surface area contributed by atoms with Gasteiger partial charge in [-0.05, 0) is 66.5 Å². The van der Waals surface area contributed by atoms with Gasteiger partial charge in [0.05, 0.1) is 3.57 Å². The molecule has 0 atom stereocenters. The Bertz CT molecular complexity index is 349. The number of halogens is 1. The first-order valence-corrected chi connectivity index (χ1v) is 6.49. The number of benzene rings is 1. The lowest BCUT2D eigenvalue weighted by molar-refractivity contribution is 0.359. The predicted octanol–water partition coefficient (Wildman–Crippen LogP) is 4.17. The molecular formula is C13H15IO. The van der Waals surface area contributed by atoms with Gasteiger partial charge in [0.25, 0.3) is 0 Å². The number of allylic oxidation sites excluding steroid dienone is 1. The minimum absolute atomic E-state index is 0.718. The zero-order valence-corrected chi connectivity index (χ0v) is 10.9. The van der Waals surface area contributed by atoms with Crippen LogP contribution < -0.4 is 4.74 Å². The van der Waals surface area contributed by atoms with Crippen LogP contribution in [0.2, 0.25) is 0 Å². The summed E-state index contributed by atoms with van der Waals surface area (Å²) in [5.74, 6) is 0.993. The highest BCUT2D eigenvalue weighted by atomic mass is 127. The molecule has 0 unspecified atom stereocenters. The average Bonchev–Trinajstić information content (AvgIpc) is 2.74. The number of para-hydroxylation sites is 1. The molecule has 1 saturated carbocycles. The molecule has 0 aromatic heterocycles. The first-order chi connectivity index (χ1) is 7.36. The molecule has 2 heteroatoms. The van der Waals surface area contributed by atoms with Gasteiger partial charge in [-0.3, -0.25) is 0 Å². The van der Waals surface area contributed by atoms with Gasteiger partial charge < -0.3 is 4.74 Å². The Morgan fingerprint density at radius 1 is 1.20 bits per heavy atom. The van der Waals surface area contributed by atoms with Crippen LogP contribution in [-0.4, -0.2) is 6.61 Å². The Hall–Kier alpha value is -0.510. The van der Waals surface area contributed by atoms with Crippen LogP contribution in [0.15, 0.2) is 35.9 Å². The van der Waals surface area contributed by atoms with Crippen molar-refractivity contribution in [3.05, 3.63) is 39.5 Å². The molecular weight excluding hydrogens is 299 g/mol. The molecule has 1 aliphatic rings. The fraction of sp³-hybridized carbons (Fsp3) is 0.385. The zero-order valence-electron chi connectivity index (χ0n) is 8.71. The van der Waals surface area contributed by atoms with Crippen molar-refractivity contribution in [2.24, 2.45) is 0 Å². The molecule has 1 fully saturated rings. The third-order valence-electron chi connectivity index (χ3n) is 2.69. The van der Waals surface area contributed by atoms with E-state index in [2.05, 4.69) is 34.7 Å². The molecule has 1 nitrogen and oxygen atoms in total. The van der Waals surface area contributed by atoms with Crippen LogP contribution in [0, 0.1) is 3.57 Å². The molecule has 0 saturated heterocycles. The summed E-state index contributed by atoms with van der Waals surface area (Å²) in [5, 5.41) is 0. The molecule has 0 aliphatic heterocycles. The minimum atomic E-state index is 0.718. The summed E-state index contributed by atoms with van der Waals surface area (Å²) in [5.41, 5.74) is 1.57. The van der Waals surface area contributed by atoms with Gasteiger partial charge in [0.1, 0.15) is 12.4 Å². The summed E-state index contributed by atoms with van der Waals surface area (Å²) in [6.45, 7) is 0.718. The van der Waals surface area contributed by atoms with Gasteiger partial charge in [-0.25, -0.2) is 0 Å². The van der Waals surface area contributed by atoms with Gasteiger partial charge in [-0.15, -0.1) is 0 Å². The Labute approximate surface area is 105 Å². The van der Waals surface area contributed by atoms with Gasteiger partial charge in [0.15, 0.2) is 0 Å². The summed E-state index contributed by atoms with van der Waals surface area (Å²) >= 11 is 2.30. The maximum absolute atomic E-state index is 5.71. The Kier molecular flexibility index (Phi) is 4.06. The van der Waals surface area contributed by atoms with Crippen LogP contribution in [0.25, 0.3) is 0 Å². The molecule has 1 aliphatic carbocycles. The zero-order chi connectivity index (χ0) is 10.5. The topological polar surface area (TPSA) is 9.23 Å². The standard InChI is InChI=1S/C13H15IO/c14-12-7-3-4-8-13(12)15-10-9-11-5-1-2-6-11/h3-4,7-9H,1-2,5-6,10H2. The van der Waals surface area contributed by atoms with E-state index in [9.17, 15) is 0 Å².